The molecule has 0 bridgehead atoms. The molecule has 0 unspecified atom stereocenters. The second kappa shape index (κ2) is 5.31. The third-order valence-corrected chi connectivity index (χ3v) is 3.27. The lowest BCUT2D eigenvalue weighted by molar-refractivity contribution is 0.757. The van der Waals surface area contributed by atoms with Crippen molar-refractivity contribution in [2.24, 2.45) is 12.0 Å². The van der Waals surface area contributed by atoms with Crippen molar-refractivity contribution in [1.82, 2.24) is 9.78 Å². The molecule has 6 heteroatoms. The summed E-state index contributed by atoms with van der Waals surface area (Å²) in [6.45, 7) is 1.87. The van der Waals surface area contributed by atoms with Crippen LogP contribution in [0.4, 0.5) is 5.69 Å². The topological polar surface area (TPSA) is 30.2 Å². The summed E-state index contributed by atoms with van der Waals surface area (Å²) in [7, 11) is 1.78. The molecular weight excluding hydrogens is 293 g/mol. The van der Waals surface area contributed by atoms with Gasteiger partial charge in [0.25, 0.3) is 0 Å². The normalized spacial score (nSPS) is 11.4. The Morgan fingerprint density at radius 1 is 1.17 bits per heavy atom. The molecule has 0 fully saturated rings. The quantitative estimate of drug-likeness (QED) is 0.754. The molecular formula is C12H10Cl3N3. The van der Waals surface area contributed by atoms with Crippen LogP contribution < -0.4 is 0 Å². The lowest BCUT2D eigenvalue weighted by Gasteiger charge is -1.97. The second-order valence-electron chi connectivity index (χ2n) is 3.80. The van der Waals surface area contributed by atoms with Crippen LogP contribution in [-0.2, 0) is 7.05 Å². The molecule has 0 saturated heterocycles. The molecule has 0 saturated carbocycles. The highest BCUT2D eigenvalue weighted by Gasteiger charge is 2.08. The molecule has 0 aliphatic rings. The summed E-state index contributed by atoms with van der Waals surface area (Å²) < 4.78 is 1.60. The third kappa shape index (κ3) is 2.86. The van der Waals surface area contributed by atoms with E-state index in [1.165, 1.54) is 0 Å². The van der Waals surface area contributed by atoms with Crippen LogP contribution in [0.5, 0.6) is 0 Å². The summed E-state index contributed by atoms with van der Waals surface area (Å²) in [5, 5.41) is 5.84. The Morgan fingerprint density at radius 3 is 2.28 bits per heavy atom. The summed E-state index contributed by atoms with van der Waals surface area (Å²) in [6.07, 6.45) is 1.66. The Morgan fingerprint density at radius 2 is 1.78 bits per heavy atom. The van der Waals surface area contributed by atoms with Crippen LogP contribution in [0.25, 0.3) is 0 Å². The molecule has 1 heterocycles. The maximum atomic E-state index is 6.10. The Labute approximate surface area is 120 Å². The lowest BCUT2D eigenvalue weighted by atomic mass is 10.3. The minimum atomic E-state index is 0.545. The molecule has 2 aromatic rings. The van der Waals surface area contributed by atoms with Gasteiger partial charge >= 0.3 is 0 Å². The molecule has 1 aromatic heterocycles. The number of halogens is 3. The molecule has 0 aliphatic heterocycles. The van der Waals surface area contributed by atoms with Crippen LogP contribution in [-0.4, -0.2) is 16.0 Å². The minimum absolute atomic E-state index is 0.545. The fourth-order valence-corrected chi connectivity index (χ4v) is 2.28. The van der Waals surface area contributed by atoms with Crippen molar-refractivity contribution >= 4 is 46.7 Å². The lowest BCUT2D eigenvalue weighted by Crippen LogP contribution is -1.89. The van der Waals surface area contributed by atoms with Gasteiger partial charge in [0.15, 0.2) is 0 Å². The molecule has 0 aliphatic carbocycles. The maximum absolute atomic E-state index is 6.10. The minimum Gasteiger partial charge on any atom is -0.256 e. The highest BCUT2D eigenvalue weighted by Crippen LogP contribution is 2.25. The zero-order valence-electron chi connectivity index (χ0n) is 9.78. The van der Waals surface area contributed by atoms with E-state index in [4.69, 9.17) is 34.8 Å². The number of aryl methyl sites for hydroxylation is 2. The van der Waals surface area contributed by atoms with Gasteiger partial charge in [-0.05, 0) is 25.1 Å². The molecule has 2 rings (SSSR count). The van der Waals surface area contributed by atoms with Gasteiger partial charge < -0.3 is 0 Å². The first-order valence-corrected chi connectivity index (χ1v) is 6.30. The smallest absolute Gasteiger partial charge is 0.135 e. The molecule has 3 nitrogen and oxygen atoms in total. The number of rotatable bonds is 2. The first kappa shape index (κ1) is 13.4. The average Bonchev–Trinajstić information content (AvgIpc) is 2.50. The fraction of sp³-hybridized carbons (Fsp3) is 0.167. The van der Waals surface area contributed by atoms with E-state index in [9.17, 15) is 0 Å². The standard InChI is InChI=1S/C12H10Cl3N3/c1-7-11(12(15)18(2)17-7)6-16-10-4-8(13)3-9(14)5-10/h3-6H,1-2H3. The van der Waals surface area contributed by atoms with Crippen LogP contribution >= 0.6 is 34.8 Å². The number of benzene rings is 1. The van der Waals surface area contributed by atoms with Crippen LogP contribution in [0.15, 0.2) is 23.2 Å². The molecule has 94 valence electrons. The molecule has 1 aromatic carbocycles. The van der Waals surface area contributed by atoms with Crippen LogP contribution in [0, 0.1) is 6.92 Å². The molecule has 0 N–H and O–H groups in total. The number of hydrogen-bond donors (Lipinski definition) is 0. The highest BCUT2D eigenvalue weighted by atomic mass is 35.5. The van der Waals surface area contributed by atoms with Gasteiger partial charge in [-0.25, -0.2) is 0 Å². The van der Waals surface area contributed by atoms with E-state index in [-0.39, 0.29) is 0 Å². The van der Waals surface area contributed by atoms with Gasteiger partial charge in [0.05, 0.1) is 16.9 Å². The largest absolute Gasteiger partial charge is 0.256 e. The van der Waals surface area contributed by atoms with Gasteiger partial charge in [0, 0.05) is 23.3 Å². The Balaban J connectivity index is 2.35. The van der Waals surface area contributed by atoms with E-state index in [1.807, 2.05) is 6.92 Å². The Kier molecular flexibility index (Phi) is 3.95. The average molecular weight is 303 g/mol. The number of aliphatic imine (C=N–C) groups is 1. The monoisotopic (exact) mass is 301 g/mol. The summed E-state index contributed by atoms with van der Waals surface area (Å²) in [5.41, 5.74) is 2.28. The summed E-state index contributed by atoms with van der Waals surface area (Å²) >= 11 is 17.9. The van der Waals surface area contributed by atoms with Crippen molar-refractivity contribution in [3.8, 4) is 0 Å². The molecule has 0 amide bonds. The first-order valence-electron chi connectivity index (χ1n) is 5.16. The number of hydrogen-bond acceptors (Lipinski definition) is 2. The van der Waals surface area contributed by atoms with Gasteiger partial charge in [-0.1, -0.05) is 34.8 Å². The predicted octanol–water partition coefficient (Wildman–Crippen LogP) is 4.44. The van der Waals surface area contributed by atoms with Crippen molar-refractivity contribution in [3.05, 3.63) is 44.7 Å². The van der Waals surface area contributed by atoms with Crippen LogP contribution in [0.2, 0.25) is 15.2 Å². The van der Waals surface area contributed by atoms with Gasteiger partial charge in [0.2, 0.25) is 0 Å². The Hall–Kier alpha value is -1.03. The van der Waals surface area contributed by atoms with Gasteiger partial charge in [-0.15, -0.1) is 0 Å². The highest BCUT2D eigenvalue weighted by molar-refractivity contribution is 6.35. The fourth-order valence-electron chi connectivity index (χ4n) is 1.55. The summed E-state index contributed by atoms with van der Waals surface area (Å²) in [4.78, 5) is 4.30. The molecule has 0 atom stereocenters. The molecule has 0 spiro atoms. The molecule has 18 heavy (non-hydrogen) atoms. The second-order valence-corrected chi connectivity index (χ2v) is 5.03. The van der Waals surface area contributed by atoms with Gasteiger partial charge in [-0.2, -0.15) is 5.10 Å². The zero-order valence-corrected chi connectivity index (χ0v) is 12.1. The van der Waals surface area contributed by atoms with Crippen molar-refractivity contribution in [3.63, 3.8) is 0 Å². The van der Waals surface area contributed by atoms with E-state index in [1.54, 1.807) is 36.1 Å². The predicted molar refractivity (Wildman–Crippen MR) is 76.7 cm³/mol. The summed E-state index contributed by atoms with van der Waals surface area (Å²) in [6, 6.07) is 5.11. The van der Waals surface area contributed by atoms with E-state index in [0.29, 0.717) is 20.9 Å². The van der Waals surface area contributed by atoms with E-state index in [2.05, 4.69) is 10.1 Å². The van der Waals surface area contributed by atoms with Crippen molar-refractivity contribution < 1.29 is 0 Å². The van der Waals surface area contributed by atoms with E-state index < -0.39 is 0 Å². The zero-order chi connectivity index (χ0) is 13.3. The third-order valence-electron chi connectivity index (χ3n) is 2.39. The van der Waals surface area contributed by atoms with Gasteiger partial charge in [-0.3, -0.25) is 9.67 Å². The van der Waals surface area contributed by atoms with Gasteiger partial charge in [0.1, 0.15) is 5.15 Å². The van der Waals surface area contributed by atoms with Crippen LogP contribution in [0.1, 0.15) is 11.3 Å². The Bertz CT molecular complexity index is 597. The summed E-state index contributed by atoms with van der Waals surface area (Å²) in [5.74, 6) is 0. The number of aromatic nitrogens is 2. The SMILES string of the molecule is Cc1nn(C)c(Cl)c1C=Nc1cc(Cl)cc(Cl)c1. The maximum Gasteiger partial charge on any atom is 0.135 e. The van der Waals surface area contributed by atoms with E-state index >= 15 is 0 Å². The molecule has 0 radical (unpaired) electrons. The van der Waals surface area contributed by atoms with Crippen LogP contribution in [0.3, 0.4) is 0 Å². The van der Waals surface area contributed by atoms with Crippen molar-refractivity contribution in [1.29, 1.82) is 0 Å². The van der Waals surface area contributed by atoms with Crippen molar-refractivity contribution in [2.75, 3.05) is 0 Å². The van der Waals surface area contributed by atoms with Crippen molar-refractivity contribution in [2.45, 2.75) is 6.92 Å². The first-order chi connectivity index (χ1) is 8.47. The van der Waals surface area contributed by atoms with E-state index in [0.717, 1.165) is 11.3 Å². The number of nitrogens with zero attached hydrogens (tertiary/aromatic N) is 3.